The molecule has 1 saturated heterocycles. The van der Waals surface area contributed by atoms with Crippen LogP contribution >= 0.6 is 0 Å². The van der Waals surface area contributed by atoms with Gasteiger partial charge in [-0.25, -0.2) is 9.97 Å². The van der Waals surface area contributed by atoms with Crippen molar-refractivity contribution >= 4 is 34.4 Å². The van der Waals surface area contributed by atoms with Gasteiger partial charge in [-0.3, -0.25) is 9.59 Å². The first-order valence-corrected chi connectivity index (χ1v) is 11.4. The Labute approximate surface area is 199 Å². The molecule has 1 aliphatic heterocycles. The molecule has 1 unspecified atom stereocenters. The molecule has 0 saturated carbocycles. The van der Waals surface area contributed by atoms with E-state index in [2.05, 4.69) is 15.3 Å². The van der Waals surface area contributed by atoms with E-state index in [1.165, 1.54) is 0 Å². The summed E-state index contributed by atoms with van der Waals surface area (Å²) in [7, 11) is 5.62. The molecule has 1 fully saturated rings. The molecular formula is C26H30N6O2. The molecule has 176 valence electrons. The molecule has 0 aliphatic carbocycles. The van der Waals surface area contributed by atoms with E-state index < -0.39 is 0 Å². The number of nitrogens with one attached hydrogen (secondary N) is 1. The number of carbonyl (C=O) groups excluding carboxylic acids is 2. The van der Waals surface area contributed by atoms with Crippen molar-refractivity contribution in [3.63, 3.8) is 0 Å². The highest BCUT2D eigenvalue weighted by molar-refractivity contribution is 6.01. The lowest BCUT2D eigenvalue weighted by Gasteiger charge is -2.19. The molecule has 0 bridgehead atoms. The third kappa shape index (κ3) is 5.58. The maximum Gasteiger partial charge on any atom is 0.253 e. The number of carbonyl (C=O) groups is 2. The van der Waals surface area contributed by atoms with Crippen LogP contribution in [-0.2, 0) is 4.79 Å². The van der Waals surface area contributed by atoms with Gasteiger partial charge >= 0.3 is 0 Å². The molecule has 8 heteroatoms. The smallest absolute Gasteiger partial charge is 0.253 e. The molecule has 4 rings (SSSR count). The molecule has 2 aromatic carbocycles. The molecule has 1 N–H and O–H groups in total. The predicted molar refractivity (Wildman–Crippen MR) is 135 cm³/mol. The van der Waals surface area contributed by atoms with Crippen LogP contribution in [0.15, 0.2) is 66.9 Å². The van der Waals surface area contributed by atoms with E-state index in [0.717, 1.165) is 23.0 Å². The topological polar surface area (TPSA) is 81.7 Å². The van der Waals surface area contributed by atoms with Gasteiger partial charge in [-0.15, -0.1) is 0 Å². The van der Waals surface area contributed by atoms with E-state index in [-0.39, 0.29) is 17.9 Å². The summed E-state index contributed by atoms with van der Waals surface area (Å²) in [5.41, 5.74) is 2.24. The van der Waals surface area contributed by atoms with Crippen molar-refractivity contribution in [1.82, 2.24) is 19.8 Å². The quantitative estimate of drug-likeness (QED) is 0.548. The fourth-order valence-electron chi connectivity index (χ4n) is 3.90. The number of amides is 2. The number of para-hydroxylation sites is 1. The summed E-state index contributed by atoms with van der Waals surface area (Å²) >= 11 is 0. The zero-order valence-electron chi connectivity index (χ0n) is 19.8. The van der Waals surface area contributed by atoms with Crippen LogP contribution in [0.1, 0.15) is 16.8 Å². The number of anilines is 2. The van der Waals surface area contributed by atoms with Crippen LogP contribution < -0.4 is 10.2 Å². The van der Waals surface area contributed by atoms with E-state index in [1.807, 2.05) is 60.4 Å². The van der Waals surface area contributed by atoms with Crippen LogP contribution in [0.25, 0.3) is 10.9 Å². The molecule has 0 radical (unpaired) electrons. The second-order valence-electron chi connectivity index (χ2n) is 8.74. The molecule has 2 amide bonds. The zero-order chi connectivity index (χ0) is 24.1. The van der Waals surface area contributed by atoms with Gasteiger partial charge in [0.2, 0.25) is 11.9 Å². The molecule has 2 heterocycles. The van der Waals surface area contributed by atoms with E-state index in [1.54, 1.807) is 42.3 Å². The molecule has 1 atom stereocenters. The van der Waals surface area contributed by atoms with Crippen molar-refractivity contribution < 1.29 is 9.59 Å². The Morgan fingerprint density at radius 3 is 2.65 bits per heavy atom. The van der Waals surface area contributed by atoms with Crippen LogP contribution in [0, 0.1) is 0 Å². The fourth-order valence-corrected chi connectivity index (χ4v) is 3.90. The molecule has 1 aromatic heterocycles. The van der Waals surface area contributed by atoms with Crippen LogP contribution in [0.2, 0.25) is 0 Å². The van der Waals surface area contributed by atoms with Crippen LogP contribution in [0.5, 0.6) is 0 Å². The zero-order valence-corrected chi connectivity index (χ0v) is 19.8. The summed E-state index contributed by atoms with van der Waals surface area (Å²) in [5.74, 6) is 0.454. The van der Waals surface area contributed by atoms with Gasteiger partial charge in [0.25, 0.3) is 5.91 Å². The molecule has 3 aromatic rings. The Hall–Kier alpha value is -3.78. The van der Waals surface area contributed by atoms with Crippen LogP contribution in [0.4, 0.5) is 11.6 Å². The number of hydrogen-bond donors (Lipinski definition) is 1. The van der Waals surface area contributed by atoms with Gasteiger partial charge in [0, 0.05) is 61.6 Å². The Bertz CT molecular complexity index is 1190. The summed E-state index contributed by atoms with van der Waals surface area (Å²) in [6, 6.07) is 15.1. The normalized spacial score (nSPS) is 15.9. The molecule has 1 aliphatic rings. The van der Waals surface area contributed by atoms with E-state index in [9.17, 15) is 9.59 Å². The highest BCUT2D eigenvalue weighted by Gasteiger charge is 2.27. The van der Waals surface area contributed by atoms with Crippen LogP contribution in [0.3, 0.4) is 0 Å². The first-order valence-electron chi connectivity index (χ1n) is 11.4. The van der Waals surface area contributed by atoms with Crippen molar-refractivity contribution in [3.05, 3.63) is 72.4 Å². The highest BCUT2D eigenvalue weighted by Crippen LogP contribution is 2.20. The van der Waals surface area contributed by atoms with Crippen molar-refractivity contribution in [1.29, 1.82) is 0 Å². The maximum atomic E-state index is 13.0. The minimum absolute atomic E-state index is 0.0184. The molecule has 34 heavy (non-hydrogen) atoms. The maximum absolute atomic E-state index is 13.0. The number of rotatable bonds is 7. The summed E-state index contributed by atoms with van der Waals surface area (Å²) < 4.78 is 0. The van der Waals surface area contributed by atoms with Crippen LogP contribution in [-0.4, -0.2) is 78.4 Å². The SMILES string of the molecule is CN(C)C/C=C/C(=O)N(C)c1ccc(C(=O)N2CCC(Nc3ncc4ccccc4n3)C2)cc1. The summed E-state index contributed by atoms with van der Waals surface area (Å²) in [6.07, 6.45) is 6.04. The van der Waals surface area contributed by atoms with Crippen molar-refractivity contribution in [2.24, 2.45) is 0 Å². The first-order chi connectivity index (χ1) is 16.4. The van der Waals surface area contributed by atoms with E-state index >= 15 is 0 Å². The van der Waals surface area contributed by atoms with Gasteiger partial charge in [-0.05, 0) is 50.8 Å². The predicted octanol–water partition coefficient (Wildman–Crippen LogP) is 3.04. The lowest BCUT2D eigenvalue weighted by Crippen LogP contribution is -2.32. The fraction of sp³-hybridized carbons (Fsp3) is 0.308. The van der Waals surface area contributed by atoms with Gasteiger partial charge in [0.1, 0.15) is 0 Å². The number of likely N-dealkylation sites (N-methyl/N-ethyl adjacent to an activating group) is 2. The average molecular weight is 459 g/mol. The third-order valence-corrected chi connectivity index (χ3v) is 5.86. The number of aromatic nitrogens is 2. The lowest BCUT2D eigenvalue weighted by atomic mass is 10.1. The standard InChI is InChI=1S/C26H30N6O2/c1-30(2)15-6-9-24(33)31(3)22-12-10-19(11-13-22)25(34)32-16-14-21(18-32)28-26-27-17-20-7-4-5-8-23(20)29-26/h4-13,17,21H,14-16,18H2,1-3H3,(H,27,28,29)/b9-6+. The Morgan fingerprint density at radius 1 is 1.12 bits per heavy atom. The number of benzene rings is 2. The summed E-state index contributed by atoms with van der Waals surface area (Å²) in [6.45, 7) is 1.96. The van der Waals surface area contributed by atoms with Gasteiger partial charge in [-0.1, -0.05) is 24.3 Å². The molecular weight excluding hydrogens is 428 g/mol. The van der Waals surface area contributed by atoms with Gasteiger partial charge < -0.3 is 20.0 Å². The van der Waals surface area contributed by atoms with E-state index in [0.29, 0.717) is 31.1 Å². The minimum atomic E-state index is -0.106. The summed E-state index contributed by atoms with van der Waals surface area (Å²) in [4.78, 5) is 39.7. The van der Waals surface area contributed by atoms with E-state index in [4.69, 9.17) is 0 Å². The average Bonchev–Trinajstić information content (AvgIpc) is 3.31. The first kappa shape index (κ1) is 23.4. The number of likely N-dealkylation sites (tertiary alicyclic amines) is 1. The third-order valence-electron chi connectivity index (χ3n) is 5.86. The second kappa shape index (κ2) is 10.4. The van der Waals surface area contributed by atoms with Gasteiger partial charge in [-0.2, -0.15) is 0 Å². The Morgan fingerprint density at radius 2 is 1.88 bits per heavy atom. The number of hydrogen-bond acceptors (Lipinski definition) is 6. The minimum Gasteiger partial charge on any atom is -0.350 e. The van der Waals surface area contributed by atoms with Crippen molar-refractivity contribution in [3.8, 4) is 0 Å². The number of nitrogens with zero attached hydrogens (tertiary/aromatic N) is 5. The van der Waals surface area contributed by atoms with Crippen molar-refractivity contribution in [2.75, 3.05) is 51.0 Å². The molecule has 0 spiro atoms. The summed E-state index contributed by atoms with van der Waals surface area (Å²) in [5, 5.41) is 4.36. The largest absolute Gasteiger partial charge is 0.350 e. The number of fused-ring (bicyclic) bond motifs is 1. The lowest BCUT2D eigenvalue weighted by molar-refractivity contribution is -0.113. The van der Waals surface area contributed by atoms with Crippen molar-refractivity contribution in [2.45, 2.75) is 12.5 Å². The monoisotopic (exact) mass is 458 g/mol. The van der Waals surface area contributed by atoms with Gasteiger partial charge in [0.15, 0.2) is 0 Å². The molecule has 8 nitrogen and oxygen atoms in total. The highest BCUT2D eigenvalue weighted by atomic mass is 16.2. The van der Waals surface area contributed by atoms with Gasteiger partial charge in [0.05, 0.1) is 5.52 Å². The Balaban J connectivity index is 1.34. The second-order valence-corrected chi connectivity index (χ2v) is 8.74. The Kier molecular flexibility index (Phi) is 7.18.